The Kier molecular flexibility index (Phi) is 8.72. The van der Waals surface area contributed by atoms with Crippen LogP contribution < -0.4 is 0 Å². The summed E-state index contributed by atoms with van der Waals surface area (Å²) in [6, 6.07) is 10.3. The Morgan fingerprint density at radius 3 is 2.53 bits per heavy atom. The summed E-state index contributed by atoms with van der Waals surface area (Å²) in [7, 11) is 4.47. The largest absolute Gasteiger partial charge is 0.500 e. The number of methoxy groups -OCH3 is 3. The van der Waals surface area contributed by atoms with Crippen LogP contribution in [0.4, 0.5) is 0 Å². The molecule has 2 unspecified atom stereocenters. The molecule has 0 aliphatic heterocycles. The van der Waals surface area contributed by atoms with Crippen molar-refractivity contribution >= 4 is 34.7 Å². The van der Waals surface area contributed by atoms with Crippen molar-refractivity contribution in [3.8, 4) is 10.7 Å². The van der Waals surface area contributed by atoms with E-state index < -0.39 is 5.97 Å². The highest BCUT2D eigenvalue weighted by atomic mass is 32.1. The molecular weight excluding hydrogens is 444 g/mol. The fraction of sp³-hybridized carbons (Fsp3) is 0.292. The van der Waals surface area contributed by atoms with E-state index in [1.54, 1.807) is 29.8 Å². The highest BCUT2D eigenvalue weighted by molar-refractivity contribution is 7.14. The molecule has 0 aliphatic rings. The molecule has 32 heavy (non-hydrogen) atoms. The van der Waals surface area contributed by atoms with Gasteiger partial charge in [0.25, 0.3) is 0 Å². The van der Waals surface area contributed by atoms with Crippen LogP contribution in [0.3, 0.4) is 0 Å². The zero-order chi connectivity index (χ0) is 22.9. The summed E-state index contributed by atoms with van der Waals surface area (Å²) in [6.07, 6.45) is 5.68. The molecule has 168 valence electrons. The van der Waals surface area contributed by atoms with Crippen LogP contribution >= 0.6 is 22.7 Å². The van der Waals surface area contributed by atoms with Gasteiger partial charge >= 0.3 is 5.97 Å². The van der Waals surface area contributed by atoms with E-state index >= 15 is 0 Å². The number of carbonyl (C=O) groups is 1. The van der Waals surface area contributed by atoms with E-state index in [2.05, 4.69) is 16.9 Å². The lowest BCUT2D eigenvalue weighted by atomic mass is 10.0. The van der Waals surface area contributed by atoms with Crippen LogP contribution in [-0.4, -0.2) is 43.4 Å². The lowest BCUT2D eigenvalue weighted by molar-refractivity contribution is -0.135. The first-order chi connectivity index (χ1) is 15.5. The van der Waals surface area contributed by atoms with Gasteiger partial charge in [-0.15, -0.1) is 22.7 Å². The highest BCUT2D eigenvalue weighted by Gasteiger charge is 2.20. The van der Waals surface area contributed by atoms with E-state index in [-0.39, 0.29) is 12.0 Å². The molecule has 0 saturated carbocycles. The first-order valence-corrected chi connectivity index (χ1v) is 11.8. The Morgan fingerprint density at radius 2 is 1.84 bits per heavy atom. The van der Waals surface area contributed by atoms with Crippen molar-refractivity contribution in [2.45, 2.75) is 19.4 Å². The number of carbonyl (C=O) groups excluding carboxylic acids is 1. The molecule has 0 amide bonds. The molecule has 0 bridgehead atoms. The van der Waals surface area contributed by atoms with Crippen LogP contribution in [0.1, 0.15) is 23.2 Å². The molecule has 2 heterocycles. The smallest absolute Gasteiger partial charge is 0.333 e. The molecule has 2 atom stereocenters. The molecule has 0 radical (unpaired) electrons. The molecule has 2 aromatic heterocycles. The number of rotatable bonds is 10. The number of hydrogen-bond acceptors (Lipinski definition) is 8. The lowest BCUT2D eigenvalue weighted by Crippen LogP contribution is -2.21. The maximum absolute atomic E-state index is 11.6. The predicted molar refractivity (Wildman–Crippen MR) is 129 cm³/mol. The van der Waals surface area contributed by atoms with E-state index in [0.717, 1.165) is 27.8 Å². The third-order valence-corrected chi connectivity index (χ3v) is 6.59. The number of ether oxygens (including phenoxy) is 3. The van der Waals surface area contributed by atoms with Gasteiger partial charge in [-0.2, -0.15) is 0 Å². The molecule has 0 saturated heterocycles. The van der Waals surface area contributed by atoms with Crippen LogP contribution in [0.25, 0.3) is 16.8 Å². The molecule has 0 fully saturated rings. The average molecular weight is 471 g/mol. The van der Waals surface area contributed by atoms with Crippen molar-refractivity contribution in [2.24, 2.45) is 5.92 Å². The van der Waals surface area contributed by atoms with Gasteiger partial charge in [0.2, 0.25) is 0 Å². The van der Waals surface area contributed by atoms with Gasteiger partial charge in [0.15, 0.2) is 0 Å². The molecule has 0 N–H and O–H groups in total. The molecular formula is C24H26N2O4S2. The molecule has 3 rings (SSSR count). The summed E-state index contributed by atoms with van der Waals surface area (Å²) in [5.74, 6) is -0.162. The third kappa shape index (κ3) is 6.35. The standard InChI is InChI=1S/C24H26N2O4S2/c1-16(21(29-3)13-23(27)30-4)20(28-2)11-10-18-14-32-24(25-18)19-15-31-22(26-19)12-17-8-6-5-7-9-17/h5-11,13-16,20H,12H2,1-4H3/b11-10+,21-13-. The molecule has 8 heteroatoms. The van der Waals surface area contributed by atoms with Gasteiger partial charge in [0.1, 0.15) is 16.5 Å². The van der Waals surface area contributed by atoms with E-state index in [0.29, 0.717) is 5.76 Å². The van der Waals surface area contributed by atoms with E-state index in [1.165, 1.54) is 25.9 Å². The second kappa shape index (κ2) is 11.7. The zero-order valence-corrected chi connectivity index (χ0v) is 20.1. The van der Waals surface area contributed by atoms with Crippen LogP contribution in [0, 0.1) is 5.92 Å². The molecule has 0 aliphatic carbocycles. The summed E-state index contributed by atoms with van der Waals surface area (Å²) in [5, 5.41) is 5.98. The van der Waals surface area contributed by atoms with Gasteiger partial charge in [-0.1, -0.05) is 43.3 Å². The minimum Gasteiger partial charge on any atom is -0.500 e. The summed E-state index contributed by atoms with van der Waals surface area (Å²) >= 11 is 3.20. The van der Waals surface area contributed by atoms with Gasteiger partial charge in [0.05, 0.1) is 37.1 Å². The Bertz CT molecular complexity index is 1070. The first-order valence-electron chi connectivity index (χ1n) is 10.0. The minimum absolute atomic E-state index is 0.183. The number of nitrogens with zero attached hydrogens (tertiary/aromatic N) is 2. The predicted octanol–water partition coefficient (Wildman–Crippen LogP) is 5.23. The SMILES string of the molecule is COC(=O)/C=C(\OC)C(C)C(/C=C/c1csc(-c2csc(Cc3ccccc3)n2)n1)OC. The van der Waals surface area contributed by atoms with E-state index in [9.17, 15) is 4.79 Å². The second-order valence-corrected chi connectivity index (χ2v) is 8.79. The quantitative estimate of drug-likeness (QED) is 0.230. The summed E-state index contributed by atoms with van der Waals surface area (Å²) < 4.78 is 15.6. The van der Waals surface area contributed by atoms with Crippen molar-refractivity contribution in [2.75, 3.05) is 21.3 Å². The third-order valence-electron chi connectivity index (χ3n) is 4.86. The van der Waals surface area contributed by atoms with Gasteiger partial charge < -0.3 is 14.2 Å². The lowest BCUT2D eigenvalue weighted by Gasteiger charge is -2.21. The Labute approximate surface area is 196 Å². The van der Waals surface area contributed by atoms with Crippen molar-refractivity contribution in [1.29, 1.82) is 0 Å². The summed E-state index contributed by atoms with van der Waals surface area (Å²) in [5.41, 5.74) is 2.96. The van der Waals surface area contributed by atoms with Crippen molar-refractivity contribution in [1.82, 2.24) is 9.97 Å². The Balaban J connectivity index is 1.68. The topological polar surface area (TPSA) is 70.5 Å². The minimum atomic E-state index is -0.466. The Hall–Kier alpha value is -2.81. The van der Waals surface area contributed by atoms with Crippen LogP contribution in [0.5, 0.6) is 0 Å². The van der Waals surface area contributed by atoms with Gasteiger partial charge in [-0.05, 0) is 11.6 Å². The number of aromatic nitrogens is 2. The maximum atomic E-state index is 11.6. The highest BCUT2D eigenvalue weighted by Crippen LogP contribution is 2.27. The first kappa shape index (κ1) is 23.8. The second-order valence-electron chi connectivity index (χ2n) is 6.99. The maximum Gasteiger partial charge on any atom is 0.333 e. The number of benzene rings is 1. The summed E-state index contributed by atoms with van der Waals surface area (Å²) in [6.45, 7) is 1.92. The number of hydrogen-bond donors (Lipinski definition) is 0. The van der Waals surface area contributed by atoms with Crippen molar-refractivity contribution in [3.63, 3.8) is 0 Å². The normalized spacial score (nSPS) is 13.8. The number of thiazole rings is 2. The molecule has 0 spiro atoms. The van der Waals surface area contributed by atoms with E-state index in [1.807, 2.05) is 48.0 Å². The van der Waals surface area contributed by atoms with Crippen molar-refractivity contribution < 1.29 is 19.0 Å². The average Bonchev–Trinajstić information content (AvgIpc) is 3.47. The Morgan fingerprint density at radius 1 is 1.06 bits per heavy atom. The van der Waals surface area contributed by atoms with Crippen LogP contribution in [-0.2, 0) is 25.4 Å². The van der Waals surface area contributed by atoms with Crippen LogP contribution in [0.2, 0.25) is 0 Å². The zero-order valence-electron chi connectivity index (χ0n) is 18.5. The molecule has 3 aromatic rings. The fourth-order valence-electron chi connectivity index (χ4n) is 3.10. The monoisotopic (exact) mass is 470 g/mol. The van der Waals surface area contributed by atoms with Gasteiger partial charge in [0, 0.05) is 30.2 Å². The number of esters is 1. The molecule has 6 nitrogen and oxygen atoms in total. The van der Waals surface area contributed by atoms with Crippen LogP contribution in [0.15, 0.2) is 59.0 Å². The van der Waals surface area contributed by atoms with Gasteiger partial charge in [-0.3, -0.25) is 0 Å². The van der Waals surface area contributed by atoms with E-state index in [4.69, 9.17) is 19.4 Å². The summed E-state index contributed by atoms with van der Waals surface area (Å²) in [4.78, 5) is 21.0. The van der Waals surface area contributed by atoms with Gasteiger partial charge in [-0.25, -0.2) is 14.8 Å². The fourth-order valence-corrected chi connectivity index (χ4v) is 4.73. The molecule has 1 aromatic carbocycles. The van der Waals surface area contributed by atoms with Crippen molar-refractivity contribution in [3.05, 3.63) is 75.3 Å².